The minimum absolute atomic E-state index is 0.165. The van der Waals surface area contributed by atoms with Gasteiger partial charge in [-0.3, -0.25) is 0 Å². The highest BCUT2D eigenvalue weighted by atomic mass is 35.5. The molecule has 0 amide bonds. The zero-order valence-corrected chi connectivity index (χ0v) is 15.4. The Labute approximate surface area is 132 Å². The Bertz CT molecular complexity index is 529. The molecule has 0 N–H and O–H groups in total. The maximum Gasteiger partial charge on any atom is 0.194 e. The molecule has 1 aliphatic carbocycles. The minimum Gasteiger partial charge on any atom is -0.399 e. The van der Waals surface area contributed by atoms with Gasteiger partial charge in [-0.1, -0.05) is 44.2 Å². The van der Waals surface area contributed by atoms with Crippen molar-refractivity contribution >= 4 is 31.3 Å². The molecule has 1 atom stereocenters. The van der Waals surface area contributed by atoms with Gasteiger partial charge in [0.1, 0.15) is 10.4 Å². The normalized spacial score (nSPS) is 17.5. The number of hydrogen-bond acceptors (Lipinski definition) is 2. The van der Waals surface area contributed by atoms with Crippen molar-refractivity contribution in [2.45, 2.75) is 57.8 Å². The number of rotatable bonds is 3. The average Bonchev–Trinajstić information content (AvgIpc) is 3.04. The molecule has 109 valence electrons. The molecule has 0 aromatic carbocycles. The van der Waals surface area contributed by atoms with Crippen LogP contribution in [0.15, 0.2) is 6.07 Å². The Balaban J connectivity index is 2.24. The lowest BCUT2D eigenvalue weighted by Gasteiger charge is -2.38. The van der Waals surface area contributed by atoms with Gasteiger partial charge in [-0.25, -0.2) is 0 Å². The van der Waals surface area contributed by atoms with Crippen molar-refractivity contribution in [1.82, 2.24) is 0 Å². The molecule has 4 heteroatoms. The molecular weight excluding hydrogens is 304 g/mol. The molecule has 1 aliphatic rings. The molecule has 0 spiro atoms. The Morgan fingerprint density at radius 1 is 1.45 bits per heavy atom. The number of hydrogen-bond donors (Lipinski definition) is 0. The van der Waals surface area contributed by atoms with Crippen LogP contribution in [0.3, 0.4) is 0 Å². The third-order valence-corrected chi connectivity index (χ3v) is 9.62. The molecule has 0 saturated heterocycles. The predicted octanol–water partition coefficient (Wildman–Crippen LogP) is 5.68. The van der Waals surface area contributed by atoms with E-state index in [2.05, 4.69) is 51.1 Å². The van der Waals surface area contributed by atoms with E-state index in [0.29, 0.717) is 5.92 Å². The van der Waals surface area contributed by atoms with Crippen LogP contribution in [0.4, 0.5) is 0 Å². The first kappa shape index (κ1) is 16.1. The fourth-order valence-electron chi connectivity index (χ4n) is 1.50. The van der Waals surface area contributed by atoms with Gasteiger partial charge in [0.05, 0.1) is 0 Å². The van der Waals surface area contributed by atoms with Crippen LogP contribution in [-0.2, 0) is 4.43 Å². The molecule has 1 aromatic rings. The molecule has 1 fully saturated rings. The largest absolute Gasteiger partial charge is 0.399 e. The molecule has 1 radical (unpaired) electrons. The summed E-state index contributed by atoms with van der Waals surface area (Å²) in [5, 5.41) is 3.25. The first-order valence-electron chi connectivity index (χ1n) is 7.05. The minimum atomic E-state index is -1.87. The van der Waals surface area contributed by atoms with Gasteiger partial charge in [0.25, 0.3) is 0 Å². The van der Waals surface area contributed by atoms with Gasteiger partial charge < -0.3 is 4.43 Å². The molecule has 20 heavy (non-hydrogen) atoms. The zero-order valence-electron chi connectivity index (χ0n) is 12.8. The highest BCUT2D eigenvalue weighted by molar-refractivity contribution is 7.14. The van der Waals surface area contributed by atoms with Gasteiger partial charge in [0, 0.05) is 16.9 Å². The van der Waals surface area contributed by atoms with E-state index in [0.717, 1.165) is 9.90 Å². The van der Waals surface area contributed by atoms with Crippen LogP contribution in [0.5, 0.6) is 0 Å². The molecule has 0 unspecified atom stereocenters. The zero-order chi connectivity index (χ0) is 15.0. The first-order valence-corrected chi connectivity index (χ1v) is 11.1. The van der Waals surface area contributed by atoms with Crippen LogP contribution >= 0.6 is 22.9 Å². The van der Waals surface area contributed by atoms with Crippen molar-refractivity contribution < 1.29 is 4.43 Å². The van der Waals surface area contributed by atoms with E-state index in [1.807, 2.05) is 6.07 Å². The second-order valence-corrected chi connectivity index (χ2v) is 13.1. The second kappa shape index (κ2) is 5.85. The van der Waals surface area contributed by atoms with Crippen LogP contribution < -0.4 is 0 Å². The summed E-state index contributed by atoms with van der Waals surface area (Å²) in [4.78, 5) is 0. The molecular formula is C16H22ClOSSi. The van der Waals surface area contributed by atoms with Crippen molar-refractivity contribution in [3.63, 3.8) is 0 Å². The standard InChI is InChI=1S/C16H22ClOSSi/c1-16(2,3)20(4,5)18-14(9-8-12-6-7-12)13-10-11-19-15(13)17/h10,12,14H,6-7H2,1-5H3/t14-/m1/s1. The Hall–Kier alpha value is -0.273. The number of thiophene rings is 1. The van der Waals surface area contributed by atoms with E-state index in [1.54, 1.807) is 0 Å². The predicted molar refractivity (Wildman–Crippen MR) is 89.7 cm³/mol. The Kier molecular flexibility index (Phi) is 4.71. The maximum absolute atomic E-state index is 6.47. The van der Waals surface area contributed by atoms with E-state index in [-0.39, 0.29) is 11.1 Å². The topological polar surface area (TPSA) is 9.23 Å². The summed E-state index contributed by atoms with van der Waals surface area (Å²) in [5.41, 5.74) is 0.981. The fraction of sp³-hybridized carbons (Fsp3) is 0.625. The van der Waals surface area contributed by atoms with Crippen LogP contribution in [0, 0.1) is 23.1 Å². The van der Waals surface area contributed by atoms with Crippen molar-refractivity contribution in [2.75, 3.05) is 0 Å². The Morgan fingerprint density at radius 2 is 2.10 bits per heavy atom. The lowest BCUT2D eigenvalue weighted by Crippen LogP contribution is -2.41. The summed E-state index contributed by atoms with van der Waals surface area (Å²) >= 11 is 7.69. The van der Waals surface area contributed by atoms with Gasteiger partial charge in [0.2, 0.25) is 0 Å². The van der Waals surface area contributed by atoms with Crippen LogP contribution in [0.25, 0.3) is 0 Å². The van der Waals surface area contributed by atoms with E-state index in [1.165, 1.54) is 24.2 Å². The van der Waals surface area contributed by atoms with Gasteiger partial charge in [-0.2, -0.15) is 0 Å². The van der Waals surface area contributed by atoms with Crippen LogP contribution in [0.2, 0.25) is 22.5 Å². The van der Waals surface area contributed by atoms with E-state index in [9.17, 15) is 0 Å². The third-order valence-electron chi connectivity index (χ3n) is 4.09. The third kappa shape index (κ3) is 3.89. The maximum atomic E-state index is 6.47. The SMILES string of the molecule is CC(C)(C)[Si](C)(C)O[C@H](C#CC1CC1)c1c[c]sc1Cl. The molecule has 1 nitrogen and oxygen atoms in total. The Morgan fingerprint density at radius 3 is 2.55 bits per heavy atom. The summed E-state index contributed by atoms with van der Waals surface area (Å²) in [6.07, 6.45) is 2.25. The van der Waals surface area contributed by atoms with E-state index >= 15 is 0 Å². The highest BCUT2D eigenvalue weighted by Crippen LogP contribution is 2.41. The van der Waals surface area contributed by atoms with E-state index in [4.69, 9.17) is 16.0 Å². The monoisotopic (exact) mass is 325 g/mol. The molecule has 1 saturated carbocycles. The molecule has 1 aromatic heterocycles. The molecule has 1 heterocycles. The molecule has 0 aliphatic heterocycles. The molecule has 2 rings (SSSR count). The van der Waals surface area contributed by atoms with Gasteiger partial charge in [-0.15, -0.1) is 11.3 Å². The second-order valence-electron chi connectivity index (χ2n) is 6.91. The fourth-order valence-corrected chi connectivity index (χ4v) is 3.49. The smallest absolute Gasteiger partial charge is 0.194 e. The van der Waals surface area contributed by atoms with Crippen LogP contribution in [0.1, 0.15) is 45.3 Å². The average molecular weight is 326 g/mol. The summed E-state index contributed by atoms with van der Waals surface area (Å²) in [6, 6.07) is 1.92. The summed E-state index contributed by atoms with van der Waals surface area (Å²) in [5.74, 6) is 7.21. The first-order chi connectivity index (χ1) is 9.21. The van der Waals surface area contributed by atoms with Gasteiger partial charge in [-0.05, 0) is 37.0 Å². The number of halogens is 1. The van der Waals surface area contributed by atoms with Crippen LogP contribution in [-0.4, -0.2) is 8.32 Å². The van der Waals surface area contributed by atoms with Crippen molar-refractivity contribution in [2.24, 2.45) is 5.92 Å². The lowest BCUT2D eigenvalue weighted by atomic mass is 10.2. The summed E-state index contributed by atoms with van der Waals surface area (Å²) in [7, 11) is -1.87. The van der Waals surface area contributed by atoms with Crippen molar-refractivity contribution in [3.8, 4) is 11.8 Å². The van der Waals surface area contributed by atoms with Gasteiger partial charge in [0.15, 0.2) is 8.32 Å². The molecule has 0 bridgehead atoms. The van der Waals surface area contributed by atoms with E-state index < -0.39 is 8.32 Å². The lowest BCUT2D eigenvalue weighted by molar-refractivity contribution is 0.238. The summed E-state index contributed by atoms with van der Waals surface area (Å²) < 4.78 is 7.22. The summed E-state index contributed by atoms with van der Waals surface area (Å²) in [6.45, 7) is 11.2. The highest BCUT2D eigenvalue weighted by Gasteiger charge is 2.39. The van der Waals surface area contributed by atoms with Crippen molar-refractivity contribution in [1.29, 1.82) is 0 Å². The van der Waals surface area contributed by atoms with Gasteiger partial charge >= 0.3 is 0 Å². The quantitative estimate of drug-likeness (QED) is 0.513. The van der Waals surface area contributed by atoms with Crippen molar-refractivity contribution in [3.05, 3.63) is 21.3 Å².